The van der Waals surface area contributed by atoms with E-state index < -0.39 is 5.41 Å². The Balaban J connectivity index is 1.18. The maximum Gasteiger partial charge on any atom is 0.160 e. The predicted molar refractivity (Wildman–Crippen MR) is 227 cm³/mol. The summed E-state index contributed by atoms with van der Waals surface area (Å²) >= 11 is 0. The molecular formula is C53H36N2. The van der Waals surface area contributed by atoms with Gasteiger partial charge >= 0.3 is 0 Å². The first-order valence-corrected chi connectivity index (χ1v) is 18.8. The van der Waals surface area contributed by atoms with Gasteiger partial charge in [-0.1, -0.05) is 200 Å². The van der Waals surface area contributed by atoms with Gasteiger partial charge < -0.3 is 0 Å². The van der Waals surface area contributed by atoms with Gasteiger partial charge in [0.2, 0.25) is 0 Å². The highest BCUT2D eigenvalue weighted by Crippen LogP contribution is 2.58. The van der Waals surface area contributed by atoms with Gasteiger partial charge in [-0.25, -0.2) is 9.97 Å². The van der Waals surface area contributed by atoms with E-state index in [1.807, 2.05) is 12.1 Å². The summed E-state index contributed by atoms with van der Waals surface area (Å²) in [7, 11) is 0. The van der Waals surface area contributed by atoms with Crippen LogP contribution in [-0.4, -0.2) is 9.97 Å². The molecule has 0 atom stereocenters. The number of benzene rings is 8. The topological polar surface area (TPSA) is 25.8 Å². The zero-order valence-electron chi connectivity index (χ0n) is 30.2. The van der Waals surface area contributed by atoms with Crippen molar-refractivity contribution in [3.8, 4) is 67.3 Å². The lowest BCUT2D eigenvalue weighted by atomic mass is 9.67. The number of rotatable bonds is 7. The van der Waals surface area contributed by atoms with Crippen LogP contribution in [-0.2, 0) is 5.41 Å². The zero-order valence-corrected chi connectivity index (χ0v) is 30.2. The van der Waals surface area contributed by atoms with Crippen LogP contribution in [0, 0.1) is 0 Å². The number of hydrogen-bond acceptors (Lipinski definition) is 2. The molecule has 10 rings (SSSR count). The van der Waals surface area contributed by atoms with Gasteiger partial charge in [0.05, 0.1) is 16.8 Å². The molecule has 1 aliphatic carbocycles. The van der Waals surface area contributed by atoms with Crippen molar-refractivity contribution >= 4 is 0 Å². The van der Waals surface area contributed by atoms with E-state index in [1.54, 1.807) is 0 Å². The summed E-state index contributed by atoms with van der Waals surface area (Å²) in [4.78, 5) is 10.2. The van der Waals surface area contributed by atoms with Crippen LogP contribution in [0.15, 0.2) is 218 Å². The summed E-state index contributed by atoms with van der Waals surface area (Å²) in [5.74, 6) is 0.701. The van der Waals surface area contributed by atoms with Crippen LogP contribution in [0.5, 0.6) is 0 Å². The van der Waals surface area contributed by atoms with Crippen LogP contribution in [0.1, 0.15) is 22.3 Å². The van der Waals surface area contributed by atoms with Gasteiger partial charge in [0.1, 0.15) is 0 Å². The molecule has 0 N–H and O–H groups in total. The molecule has 1 heterocycles. The van der Waals surface area contributed by atoms with E-state index in [9.17, 15) is 0 Å². The normalized spacial score (nSPS) is 12.5. The Morgan fingerprint density at radius 3 is 1.24 bits per heavy atom. The molecule has 258 valence electrons. The van der Waals surface area contributed by atoms with Crippen LogP contribution in [0.4, 0.5) is 0 Å². The molecule has 0 fully saturated rings. The Morgan fingerprint density at radius 2 is 0.691 bits per heavy atom. The number of fused-ring (bicyclic) bond motifs is 3. The van der Waals surface area contributed by atoms with Gasteiger partial charge in [-0.2, -0.15) is 0 Å². The van der Waals surface area contributed by atoms with Crippen molar-refractivity contribution in [1.29, 1.82) is 0 Å². The lowest BCUT2D eigenvalue weighted by Gasteiger charge is -2.34. The van der Waals surface area contributed by atoms with Gasteiger partial charge in [-0.15, -0.1) is 0 Å². The van der Waals surface area contributed by atoms with Crippen molar-refractivity contribution in [2.24, 2.45) is 0 Å². The summed E-state index contributed by atoms with van der Waals surface area (Å²) in [5.41, 5.74) is 16.8. The molecule has 0 radical (unpaired) electrons. The highest BCUT2D eigenvalue weighted by molar-refractivity contribution is 5.95. The second-order valence-corrected chi connectivity index (χ2v) is 14.1. The highest BCUT2D eigenvalue weighted by Gasteiger charge is 2.46. The van der Waals surface area contributed by atoms with Crippen LogP contribution in [0.2, 0.25) is 0 Å². The van der Waals surface area contributed by atoms with Crippen LogP contribution < -0.4 is 0 Å². The van der Waals surface area contributed by atoms with Crippen molar-refractivity contribution in [2.45, 2.75) is 5.41 Å². The third-order valence-electron chi connectivity index (χ3n) is 11.0. The molecular weight excluding hydrogens is 665 g/mol. The number of nitrogens with zero attached hydrogens (tertiary/aromatic N) is 2. The number of hydrogen-bond donors (Lipinski definition) is 0. The van der Waals surface area contributed by atoms with E-state index in [1.165, 1.54) is 50.1 Å². The van der Waals surface area contributed by atoms with E-state index in [0.29, 0.717) is 5.82 Å². The Bertz CT molecular complexity index is 2660. The fraction of sp³-hybridized carbons (Fsp3) is 0.0189. The molecule has 0 amide bonds. The summed E-state index contributed by atoms with van der Waals surface area (Å²) in [6.07, 6.45) is 0. The van der Waals surface area contributed by atoms with E-state index in [4.69, 9.17) is 9.97 Å². The molecule has 55 heavy (non-hydrogen) atoms. The van der Waals surface area contributed by atoms with E-state index in [0.717, 1.165) is 33.6 Å². The van der Waals surface area contributed by atoms with Gasteiger partial charge in [-0.05, 0) is 73.8 Å². The molecule has 9 aromatic rings. The first-order chi connectivity index (χ1) is 27.3. The predicted octanol–water partition coefficient (Wildman–Crippen LogP) is 13.2. The Labute approximate surface area is 322 Å². The SMILES string of the molecule is c1ccc(-c2cc(-c3ccccc3)nc(-c3ccc(-c4cc5c(cc4-c4ccccc4)-c4ccccc4C5(c4ccccc4)c4ccccc4)cc3)n2)cc1. The van der Waals surface area contributed by atoms with Gasteiger partial charge in [0.15, 0.2) is 5.82 Å². The average molecular weight is 701 g/mol. The van der Waals surface area contributed by atoms with Gasteiger partial charge in [0.25, 0.3) is 0 Å². The minimum Gasteiger partial charge on any atom is -0.228 e. The van der Waals surface area contributed by atoms with E-state index >= 15 is 0 Å². The van der Waals surface area contributed by atoms with E-state index in [-0.39, 0.29) is 0 Å². The third kappa shape index (κ3) is 5.59. The van der Waals surface area contributed by atoms with Gasteiger partial charge in [0, 0.05) is 16.7 Å². The van der Waals surface area contributed by atoms with Crippen molar-refractivity contribution in [2.75, 3.05) is 0 Å². The molecule has 2 heteroatoms. The van der Waals surface area contributed by atoms with Crippen molar-refractivity contribution < 1.29 is 0 Å². The molecule has 0 spiro atoms. The summed E-state index contributed by atoms with van der Waals surface area (Å²) in [5, 5.41) is 0. The highest BCUT2D eigenvalue weighted by atomic mass is 14.9. The molecule has 2 nitrogen and oxygen atoms in total. The smallest absolute Gasteiger partial charge is 0.160 e. The standard InChI is InChI=1S/C53H36N2/c1-6-18-37(19-7-1)45-34-47-44-28-16-17-29-48(44)53(42-24-12-4-13-25-42,43-26-14-5-15-27-43)49(47)35-46(45)38-30-32-41(33-31-38)52-54-50(39-20-8-2-9-21-39)36-51(55-52)40-22-10-3-11-23-40/h1-36H. The minimum atomic E-state index is -0.488. The Morgan fingerprint density at radius 1 is 0.273 bits per heavy atom. The summed E-state index contributed by atoms with van der Waals surface area (Å²) in [6, 6.07) is 78.2. The van der Waals surface area contributed by atoms with Crippen LogP contribution in [0.3, 0.4) is 0 Å². The van der Waals surface area contributed by atoms with Crippen molar-refractivity contribution in [3.63, 3.8) is 0 Å². The van der Waals surface area contributed by atoms with Gasteiger partial charge in [-0.3, -0.25) is 0 Å². The minimum absolute atomic E-state index is 0.488. The molecule has 0 aliphatic heterocycles. The molecule has 1 aromatic heterocycles. The number of aromatic nitrogens is 2. The maximum atomic E-state index is 5.11. The fourth-order valence-corrected chi connectivity index (χ4v) is 8.47. The molecule has 0 saturated carbocycles. The Hall–Kier alpha value is -7.16. The van der Waals surface area contributed by atoms with E-state index in [2.05, 4.69) is 206 Å². The summed E-state index contributed by atoms with van der Waals surface area (Å²) < 4.78 is 0. The quantitative estimate of drug-likeness (QED) is 0.165. The molecule has 8 aromatic carbocycles. The monoisotopic (exact) mass is 700 g/mol. The summed E-state index contributed by atoms with van der Waals surface area (Å²) in [6.45, 7) is 0. The first-order valence-electron chi connectivity index (χ1n) is 18.8. The molecule has 0 saturated heterocycles. The zero-order chi connectivity index (χ0) is 36.6. The second-order valence-electron chi connectivity index (χ2n) is 14.1. The lowest BCUT2D eigenvalue weighted by Crippen LogP contribution is -2.28. The third-order valence-corrected chi connectivity index (χ3v) is 11.0. The van der Waals surface area contributed by atoms with Crippen LogP contribution >= 0.6 is 0 Å². The lowest BCUT2D eigenvalue weighted by molar-refractivity contribution is 0.769. The van der Waals surface area contributed by atoms with Crippen molar-refractivity contribution in [3.05, 3.63) is 241 Å². The van der Waals surface area contributed by atoms with Crippen molar-refractivity contribution in [1.82, 2.24) is 9.97 Å². The first kappa shape index (κ1) is 32.5. The molecule has 0 bridgehead atoms. The molecule has 0 unspecified atom stereocenters. The average Bonchev–Trinajstić information content (AvgIpc) is 3.57. The largest absolute Gasteiger partial charge is 0.228 e. The second kappa shape index (κ2) is 13.7. The molecule has 1 aliphatic rings. The van der Waals surface area contributed by atoms with Crippen LogP contribution in [0.25, 0.3) is 67.3 Å². The maximum absolute atomic E-state index is 5.11. The Kier molecular flexibility index (Phi) is 8.08. The fourth-order valence-electron chi connectivity index (χ4n) is 8.47.